The average molecular weight is 569 g/mol. The van der Waals surface area contributed by atoms with Crippen LogP contribution in [0.1, 0.15) is 57.5 Å². The van der Waals surface area contributed by atoms with Gasteiger partial charge in [-0.3, -0.25) is 0 Å². The van der Waals surface area contributed by atoms with Crippen LogP contribution in [0.25, 0.3) is 11.1 Å². The molecule has 214 valence electrons. The second-order valence-corrected chi connectivity index (χ2v) is 12.5. The lowest BCUT2D eigenvalue weighted by Crippen LogP contribution is -2.30. The molecule has 0 fully saturated rings. The van der Waals surface area contributed by atoms with Crippen LogP contribution in [-0.2, 0) is 12.0 Å². The van der Waals surface area contributed by atoms with Crippen LogP contribution >= 0.6 is 0 Å². The molecule has 1 aliphatic heterocycles. The Morgan fingerprint density at radius 2 is 1.18 bits per heavy atom. The monoisotopic (exact) mass is 568 g/mol. The van der Waals surface area contributed by atoms with Crippen molar-refractivity contribution in [2.24, 2.45) is 0 Å². The third kappa shape index (κ3) is 4.09. The molecule has 2 aliphatic rings. The summed E-state index contributed by atoms with van der Waals surface area (Å²) in [5.41, 5.74) is 16.5. The van der Waals surface area contributed by atoms with E-state index in [0.717, 1.165) is 12.2 Å². The summed E-state index contributed by atoms with van der Waals surface area (Å²) in [7, 11) is 0. The molecule has 0 amide bonds. The molecule has 8 rings (SSSR count). The lowest BCUT2D eigenvalue weighted by atomic mass is 9.67. The van der Waals surface area contributed by atoms with Crippen LogP contribution < -0.4 is 10.2 Å². The topological polar surface area (TPSA) is 15.3 Å². The van der Waals surface area contributed by atoms with Crippen molar-refractivity contribution in [1.82, 2.24) is 0 Å². The number of fused-ring (bicyclic) bond motifs is 4. The van der Waals surface area contributed by atoms with Gasteiger partial charge in [0.25, 0.3) is 0 Å². The number of rotatable bonds is 6. The zero-order chi connectivity index (χ0) is 29.8. The van der Waals surface area contributed by atoms with Crippen molar-refractivity contribution in [3.8, 4) is 11.1 Å². The van der Waals surface area contributed by atoms with Crippen LogP contribution in [0.4, 0.5) is 17.1 Å². The Balaban J connectivity index is 1.22. The molecular weight excluding hydrogens is 532 g/mol. The van der Waals surface area contributed by atoms with E-state index in [1.807, 2.05) is 0 Å². The molecule has 2 nitrogen and oxygen atoms in total. The lowest BCUT2D eigenvalue weighted by molar-refractivity contribution is 0.764. The van der Waals surface area contributed by atoms with Gasteiger partial charge in [0.1, 0.15) is 0 Å². The van der Waals surface area contributed by atoms with Crippen LogP contribution in [-0.4, -0.2) is 0 Å². The highest BCUT2D eigenvalue weighted by Gasteiger charge is 2.46. The summed E-state index contributed by atoms with van der Waals surface area (Å²) < 4.78 is 0. The van der Waals surface area contributed by atoms with Crippen LogP contribution in [0.3, 0.4) is 0 Å². The normalized spacial score (nSPS) is 14.7. The highest BCUT2D eigenvalue weighted by atomic mass is 15.2. The molecule has 1 N–H and O–H groups in total. The molecule has 6 aromatic rings. The quantitative estimate of drug-likeness (QED) is 0.215. The highest BCUT2D eigenvalue weighted by Crippen LogP contribution is 2.56. The van der Waals surface area contributed by atoms with Gasteiger partial charge < -0.3 is 10.2 Å². The molecule has 1 heterocycles. The van der Waals surface area contributed by atoms with Crippen LogP contribution in [0.15, 0.2) is 140 Å². The maximum Gasteiger partial charge on any atom is 0.0713 e. The molecule has 0 saturated heterocycles. The van der Waals surface area contributed by atoms with E-state index in [9.17, 15) is 0 Å². The summed E-state index contributed by atoms with van der Waals surface area (Å²) in [6.45, 7) is 7.49. The molecule has 0 aromatic heterocycles. The molecule has 0 radical (unpaired) electrons. The summed E-state index contributed by atoms with van der Waals surface area (Å²) in [4.78, 5) is 2.42. The molecule has 1 unspecified atom stereocenters. The van der Waals surface area contributed by atoms with Gasteiger partial charge in [0.15, 0.2) is 0 Å². The zero-order valence-corrected chi connectivity index (χ0v) is 25.5. The maximum atomic E-state index is 3.68. The Kier molecular flexibility index (Phi) is 6.20. The smallest absolute Gasteiger partial charge is 0.0713 e. The molecule has 1 atom stereocenters. The van der Waals surface area contributed by atoms with Crippen LogP contribution in [0.5, 0.6) is 0 Å². The molecule has 0 bridgehead atoms. The van der Waals surface area contributed by atoms with Gasteiger partial charge >= 0.3 is 0 Å². The maximum absolute atomic E-state index is 3.68. The Bertz CT molecular complexity index is 1940. The van der Waals surface area contributed by atoms with Gasteiger partial charge in [0.05, 0.1) is 12.0 Å². The Hall–Kier alpha value is -5.08. The Morgan fingerprint density at radius 1 is 0.614 bits per heavy atom. The second-order valence-electron chi connectivity index (χ2n) is 12.5. The fourth-order valence-electron chi connectivity index (χ4n) is 7.42. The Labute approximate surface area is 260 Å². The van der Waals surface area contributed by atoms with Gasteiger partial charge in [-0.2, -0.15) is 0 Å². The number of nitrogens with zero attached hydrogens (tertiary/aromatic N) is 1. The Morgan fingerprint density at radius 3 is 1.80 bits per heavy atom. The van der Waals surface area contributed by atoms with Gasteiger partial charge in [-0.25, -0.2) is 0 Å². The van der Waals surface area contributed by atoms with E-state index in [-0.39, 0.29) is 6.04 Å². The summed E-state index contributed by atoms with van der Waals surface area (Å²) in [6, 6.07) is 52.2. The first-order valence-corrected chi connectivity index (χ1v) is 15.6. The third-order valence-electron chi connectivity index (χ3n) is 9.70. The lowest BCUT2D eigenvalue weighted by Gasteiger charge is -2.38. The van der Waals surface area contributed by atoms with E-state index in [1.54, 1.807) is 0 Å². The number of aryl methyl sites for hydroxylation is 2. The van der Waals surface area contributed by atoms with Crippen molar-refractivity contribution in [2.75, 3.05) is 10.2 Å². The summed E-state index contributed by atoms with van der Waals surface area (Å²) in [6.07, 6.45) is 0. The molecule has 1 aliphatic carbocycles. The minimum atomic E-state index is -0.401. The van der Waals surface area contributed by atoms with E-state index in [2.05, 4.69) is 171 Å². The van der Waals surface area contributed by atoms with Gasteiger partial charge in [0, 0.05) is 23.1 Å². The van der Waals surface area contributed by atoms with Crippen molar-refractivity contribution in [2.45, 2.75) is 38.8 Å². The van der Waals surface area contributed by atoms with E-state index in [4.69, 9.17) is 0 Å². The van der Waals surface area contributed by atoms with Crippen LogP contribution in [0, 0.1) is 13.8 Å². The second kappa shape index (κ2) is 10.3. The number of hydrogen-bond donors (Lipinski definition) is 1. The number of benzene rings is 6. The molecule has 0 saturated carbocycles. The van der Waals surface area contributed by atoms with Gasteiger partial charge in [0.2, 0.25) is 0 Å². The van der Waals surface area contributed by atoms with E-state index >= 15 is 0 Å². The SMILES string of the molecule is Cc1ccc(NC(C)c2ccc(C3(c4ccc(N5Cc6cc(C)ccc65)cc4)c4ccccc4-c4ccccc43)cc2)cc1. The van der Waals surface area contributed by atoms with E-state index in [1.165, 1.54) is 67.0 Å². The van der Waals surface area contributed by atoms with Gasteiger partial charge in [-0.05, 0) is 95.6 Å². The minimum Gasteiger partial charge on any atom is -0.379 e. The van der Waals surface area contributed by atoms with E-state index in [0.29, 0.717) is 0 Å². The number of nitrogens with one attached hydrogen (secondary N) is 1. The zero-order valence-electron chi connectivity index (χ0n) is 25.5. The largest absolute Gasteiger partial charge is 0.379 e. The van der Waals surface area contributed by atoms with Crippen LogP contribution in [0.2, 0.25) is 0 Å². The van der Waals surface area contributed by atoms with Crippen molar-refractivity contribution in [3.05, 3.63) is 184 Å². The highest BCUT2D eigenvalue weighted by molar-refractivity contribution is 5.86. The standard InChI is InChI=1S/C42H36N2/c1-28-12-21-35(22-13-28)43-30(3)31-15-17-33(18-16-31)42(39-10-6-4-8-37(39)38-9-5-7-11-40(38)42)34-19-23-36(24-20-34)44-27-32-26-29(2)14-25-41(32)44/h4-26,30,43H,27H2,1-3H3. The first kappa shape index (κ1) is 26.5. The summed E-state index contributed by atoms with van der Waals surface area (Å²) in [5.74, 6) is 0. The fraction of sp³-hybridized carbons (Fsp3) is 0.143. The molecule has 0 spiro atoms. The van der Waals surface area contributed by atoms with Crippen molar-refractivity contribution in [1.29, 1.82) is 0 Å². The predicted molar refractivity (Wildman–Crippen MR) is 184 cm³/mol. The van der Waals surface area contributed by atoms with Crippen molar-refractivity contribution >= 4 is 17.1 Å². The molecule has 6 aromatic carbocycles. The summed E-state index contributed by atoms with van der Waals surface area (Å²) >= 11 is 0. The first-order chi connectivity index (χ1) is 21.5. The molecule has 2 heteroatoms. The minimum absolute atomic E-state index is 0.188. The number of hydrogen-bond acceptors (Lipinski definition) is 2. The van der Waals surface area contributed by atoms with Crippen molar-refractivity contribution in [3.63, 3.8) is 0 Å². The van der Waals surface area contributed by atoms with Crippen molar-refractivity contribution < 1.29 is 0 Å². The number of anilines is 3. The first-order valence-electron chi connectivity index (χ1n) is 15.6. The molecule has 44 heavy (non-hydrogen) atoms. The predicted octanol–water partition coefficient (Wildman–Crippen LogP) is 10.5. The summed E-state index contributed by atoms with van der Waals surface area (Å²) in [5, 5.41) is 3.68. The van der Waals surface area contributed by atoms with Gasteiger partial charge in [-0.15, -0.1) is 0 Å². The van der Waals surface area contributed by atoms with Gasteiger partial charge in [-0.1, -0.05) is 120 Å². The average Bonchev–Trinajstić information content (AvgIpc) is 3.35. The molecular formula is C42H36N2. The fourth-order valence-corrected chi connectivity index (χ4v) is 7.42. The third-order valence-corrected chi connectivity index (χ3v) is 9.70. The van der Waals surface area contributed by atoms with E-state index < -0.39 is 5.41 Å².